The molecule has 0 fully saturated rings. The minimum atomic E-state index is -3.89. The molecule has 0 saturated heterocycles. The first-order valence-electron chi connectivity index (χ1n) is 10.0. The molecule has 0 aliphatic carbocycles. The number of hydrogen-bond acceptors (Lipinski definition) is 6. The van der Waals surface area contributed by atoms with E-state index in [2.05, 4.69) is 31.2 Å². The molecule has 0 aliphatic heterocycles. The number of nitrogens with one attached hydrogen (secondary N) is 2. The molecule has 0 unspecified atom stereocenters. The smallest absolute Gasteiger partial charge is 0.336 e. The SMILES string of the molecule is O=C(CNS(=O)(=O)c1ccc(Cl)cc1)N/N=C/c1cc(Br)ccc1OC(=O)/C=C/c1ccccc1. The lowest BCUT2D eigenvalue weighted by Crippen LogP contribution is -2.34. The van der Waals surface area contributed by atoms with Crippen LogP contribution in [0.2, 0.25) is 5.02 Å². The number of carbonyl (C=O) groups is 2. The number of hydrazone groups is 1. The van der Waals surface area contributed by atoms with Gasteiger partial charge in [-0.3, -0.25) is 4.79 Å². The summed E-state index contributed by atoms with van der Waals surface area (Å²) >= 11 is 9.09. The maximum absolute atomic E-state index is 12.2. The summed E-state index contributed by atoms with van der Waals surface area (Å²) in [7, 11) is -3.89. The van der Waals surface area contributed by atoms with Crippen LogP contribution >= 0.6 is 27.5 Å². The van der Waals surface area contributed by atoms with Crippen molar-refractivity contribution in [3.63, 3.8) is 0 Å². The maximum Gasteiger partial charge on any atom is 0.336 e. The summed E-state index contributed by atoms with van der Waals surface area (Å²) in [5.74, 6) is -1.07. The van der Waals surface area contributed by atoms with E-state index in [4.69, 9.17) is 16.3 Å². The summed E-state index contributed by atoms with van der Waals surface area (Å²) in [4.78, 5) is 24.2. The predicted octanol–water partition coefficient (Wildman–Crippen LogP) is 4.15. The Morgan fingerprint density at radius 2 is 1.74 bits per heavy atom. The van der Waals surface area contributed by atoms with Gasteiger partial charge in [0.25, 0.3) is 5.91 Å². The molecule has 35 heavy (non-hydrogen) atoms. The monoisotopic (exact) mass is 575 g/mol. The lowest BCUT2D eigenvalue weighted by Gasteiger charge is -2.07. The molecule has 0 atom stereocenters. The van der Waals surface area contributed by atoms with Crippen molar-refractivity contribution in [3.8, 4) is 5.75 Å². The number of sulfonamides is 1. The van der Waals surface area contributed by atoms with Crippen LogP contribution in [0.25, 0.3) is 6.08 Å². The van der Waals surface area contributed by atoms with Gasteiger partial charge in [-0.15, -0.1) is 0 Å². The highest BCUT2D eigenvalue weighted by Gasteiger charge is 2.15. The van der Waals surface area contributed by atoms with Crippen molar-refractivity contribution >= 4 is 61.7 Å². The number of carbonyl (C=O) groups excluding carboxylic acids is 2. The molecule has 2 N–H and O–H groups in total. The second kappa shape index (κ2) is 12.4. The van der Waals surface area contributed by atoms with Crippen LogP contribution in [0.15, 0.2) is 93.3 Å². The van der Waals surface area contributed by atoms with E-state index in [0.717, 1.165) is 5.56 Å². The van der Waals surface area contributed by atoms with Gasteiger partial charge >= 0.3 is 5.97 Å². The molecule has 0 saturated carbocycles. The van der Waals surface area contributed by atoms with Gasteiger partial charge in [0, 0.05) is 21.1 Å². The fraction of sp³-hybridized carbons (Fsp3) is 0.0417. The van der Waals surface area contributed by atoms with Crippen molar-refractivity contribution < 1.29 is 22.7 Å². The lowest BCUT2D eigenvalue weighted by molar-refractivity contribution is -0.129. The number of amides is 1. The van der Waals surface area contributed by atoms with Crippen LogP contribution in [-0.2, 0) is 19.6 Å². The van der Waals surface area contributed by atoms with Crippen molar-refractivity contribution in [3.05, 3.63) is 99.5 Å². The van der Waals surface area contributed by atoms with Crippen LogP contribution in [0.1, 0.15) is 11.1 Å². The zero-order chi connectivity index (χ0) is 25.3. The van der Waals surface area contributed by atoms with E-state index in [-0.39, 0.29) is 10.6 Å². The number of rotatable bonds is 9. The largest absolute Gasteiger partial charge is 0.423 e. The first-order chi connectivity index (χ1) is 16.7. The summed E-state index contributed by atoms with van der Waals surface area (Å²) in [6.07, 6.45) is 4.20. The molecule has 0 aliphatic rings. The lowest BCUT2D eigenvalue weighted by atomic mass is 10.2. The summed E-state index contributed by atoms with van der Waals surface area (Å²) in [6.45, 7) is -0.535. The van der Waals surface area contributed by atoms with Gasteiger partial charge in [0.2, 0.25) is 10.0 Å². The quantitative estimate of drug-likeness (QED) is 0.131. The summed E-state index contributed by atoms with van der Waals surface area (Å²) < 4.78 is 32.7. The standard InChI is InChI=1S/C24H19BrClN3O5S/c25-19-7-12-22(34-24(31)13-6-17-4-2-1-3-5-17)18(14-19)15-27-29-23(30)16-28-35(32,33)21-10-8-20(26)9-11-21/h1-15,28H,16H2,(H,29,30)/b13-6+,27-15+. The van der Waals surface area contributed by atoms with Gasteiger partial charge in [-0.2, -0.15) is 5.10 Å². The average Bonchev–Trinajstić information content (AvgIpc) is 2.84. The molecule has 3 rings (SSSR count). The van der Waals surface area contributed by atoms with Crippen LogP contribution in [0.5, 0.6) is 5.75 Å². The number of ether oxygens (including phenoxy) is 1. The number of hydrogen-bond donors (Lipinski definition) is 2. The molecular weight excluding hydrogens is 558 g/mol. The van der Waals surface area contributed by atoms with E-state index in [0.29, 0.717) is 15.1 Å². The molecule has 0 aromatic heterocycles. The first kappa shape index (κ1) is 26.3. The zero-order valence-electron chi connectivity index (χ0n) is 18.0. The van der Waals surface area contributed by atoms with E-state index < -0.39 is 28.4 Å². The van der Waals surface area contributed by atoms with Crippen molar-refractivity contribution in [1.29, 1.82) is 0 Å². The Bertz CT molecular complexity index is 1360. The highest BCUT2D eigenvalue weighted by molar-refractivity contribution is 9.10. The third-order valence-electron chi connectivity index (χ3n) is 4.33. The van der Waals surface area contributed by atoms with E-state index in [9.17, 15) is 18.0 Å². The Morgan fingerprint density at radius 3 is 2.46 bits per heavy atom. The Morgan fingerprint density at radius 1 is 1.03 bits per heavy atom. The molecule has 180 valence electrons. The molecule has 3 aromatic carbocycles. The van der Waals surface area contributed by atoms with Crippen LogP contribution < -0.4 is 14.9 Å². The number of esters is 1. The predicted molar refractivity (Wildman–Crippen MR) is 138 cm³/mol. The van der Waals surface area contributed by atoms with Crippen molar-refractivity contribution in [2.45, 2.75) is 4.90 Å². The van der Waals surface area contributed by atoms with Crippen LogP contribution in [0.3, 0.4) is 0 Å². The van der Waals surface area contributed by atoms with Gasteiger partial charge in [-0.1, -0.05) is 57.9 Å². The molecule has 1 amide bonds. The van der Waals surface area contributed by atoms with E-state index in [1.54, 1.807) is 24.3 Å². The fourth-order valence-electron chi connectivity index (χ4n) is 2.65. The minimum Gasteiger partial charge on any atom is -0.423 e. The minimum absolute atomic E-state index is 0.0277. The van der Waals surface area contributed by atoms with Crippen LogP contribution in [0, 0.1) is 0 Å². The number of halogens is 2. The van der Waals surface area contributed by atoms with Gasteiger partial charge < -0.3 is 4.74 Å². The van der Waals surface area contributed by atoms with Gasteiger partial charge in [0.15, 0.2) is 0 Å². The summed E-state index contributed by atoms with van der Waals surface area (Å²) in [5, 5.41) is 4.21. The molecule has 0 bridgehead atoms. The molecule has 11 heteroatoms. The number of benzene rings is 3. The first-order valence-corrected chi connectivity index (χ1v) is 12.7. The molecule has 3 aromatic rings. The average molecular weight is 577 g/mol. The third-order valence-corrected chi connectivity index (χ3v) is 6.50. The van der Waals surface area contributed by atoms with Crippen molar-refractivity contribution in [1.82, 2.24) is 10.1 Å². The normalized spacial score (nSPS) is 11.6. The molecular formula is C24H19BrClN3O5S. The topological polar surface area (TPSA) is 114 Å². The summed E-state index contributed by atoms with van der Waals surface area (Å²) in [5.41, 5.74) is 3.47. The zero-order valence-corrected chi connectivity index (χ0v) is 21.2. The van der Waals surface area contributed by atoms with Gasteiger partial charge in [0.1, 0.15) is 5.75 Å². The third kappa shape index (κ3) is 8.45. The van der Waals surface area contributed by atoms with Crippen molar-refractivity contribution in [2.75, 3.05) is 6.54 Å². The Labute approximate surface area is 215 Å². The second-order valence-corrected chi connectivity index (χ2v) is 10.0. The van der Waals surface area contributed by atoms with Crippen LogP contribution in [0.4, 0.5) is 0 Å². The summed E-state index contributed by atoms with van der Waals surface area (Å²) in [6, 6.07) is 19.7. The highest BCUT2D eigenvalue weighted by Crippen LogP contribution is 2.22. The molecule has 0 heterocycles. The number of nitrogens with zero attached hydrogens (tertiary/aromatic N) is 1. The van der Waals surface area contributed by atoms with Gasteiger partial charge in [0.05, 0.1) is 17.7 Å². The van der Waals surface area contributed by atoms with E-state index in [1.807, 2.05) is 30.3 Å². The molecule has 0 radical (unpaired) electrons. The maximum atomic E-state index is 12.2. The molecule has 8 nitrogen and oxygen atoms in total. The van der Waals surface area contributed by atoms with Gasteiger partial charge in [-0.25, -0.2) is 23.4 Å². The Hall–Kier alpha value is -3.31. The van der Waals surface area contributed by atoms with E-state index in [1.165, 1.54) is 36.6 Å². The van der Waals surface area contributed by atoms with E-state index >= 15 is 0 Å². The fourth-order valence-corrected chi connectivity index (χ4v) is 4.14. The highest BCUT2D eigenvalue weighted by atomic mass is 79.9. The van der Waals surface area contributed by atoms with Gasteiger partial charge in [-0.05, 0) is 54.1 Å². The van der Waals surface area contributed by atoms with Crippen LogP contribution in [-0.4, -0.2) is 33.1 Å². The Balaban J connectivity index is 1.58. The Kier molecular flexibility index (Phi) is 9.32. The second-order valence-electron chi connectivity index (χ2n) is 6.92. The van der Waals surface area contributed by atoms with Crippen molar-refractivity contribution in [2.24, 2.45) is 5.10 Å². The molecule has 0 spiro atoms.